The second kappa shape index (κ2) is 7.12. The van der Waals surface area contributed by atoms with Crippen molar-refractivity contribution in [2.24, 2.45) is 5.92 Å². The predicted molar refractivity (Wildman–Crippen MR) is 79.0 cm³/mol. The van der Waals surface area contributed by atoms with E-state index in [0.717, 1.165) is 6.42 Å². The van der Waals surface area contributed by atoms with Gasteiger partial charge in [-0.15, -0.1) is 0 Å². The smallest absolute Gasteiger partial charge is 0.319 e. The molecule has 2 atom stereocenters. The van der Waals surface area contributed by atoms with Crippen molar-refractivity contribution in [2.45, 2.75) is 45.6 Å². The molecule has 0 saturated heterocycles. The minimum absolute atomic E-state index is 0.183. The lowest BCUT2D eigenvalue weighted by atomic mass is 9.86. The van der Waals surface area contributed by atoms with Crippen molar-refractivity contribution in [1.82, 2.24) is 10.3 Å². The van der Waals surface area contributed by atoms with Crippen molar-refractivity contribution in [1.29, 1.82) is 0 Å². The van der Waals surface area contributed by atoms with E-state index >= 15 is 0 Å². The first-order chi connectivity index (χ1) is 9.70. The number of aromatic nitrogens is 1. The number of amides is 2. The van der Waals surface area contributed by atoms with E-state index in [9.17, 15) is 4.79 Å². The second-order valence-corrected chi connectivity index (χ2v) is 5.26. The number of carbonyl (C=O) groups is 1. The molecule has 1 aliphatic rings. The first-order valence-electron chi connectivity index (χ1n) is 7.36. The SMILES string of the molecule is CCOc1ncccc1NC(=O)NC1CCCCC1C. The molecule has 110 valence electrons. The van der Waals surface area contributed by atoms with Crippen molar-refractivity contribution in [2.75, 3.05) is 11.9 Å². The van der Waals surface area contributed by atoms with E-state index in [1.807, 2.05) is 6.92 Å². The fraction of sp³-hybridized carbons (Fsp3) is 0.600. The third-order valence-corrected chi connectivity index (χ3v) is 3.73. The van der Waals surface area contributed by atoms with Gasteiger partial charge in [-0.05, 0) is 37.8 Å². The third kappa shape index (κ3) is 3.85. The van der Waals surface area contributed by atoms with Crippen molar-refractivity contribution < 1.29 is 9.53 Å². The van der Waals surface area contributed by atoms with Gasteiger partial charge in [0.15, 0.2) is 0 Å². The highest BCUT2D eigenvalue weighted by Crippen LogP contribution is 2.24. The lowest BCUT2D eigenvalue weighted by molar-refractivity contribution is 0.232. The number of hydrogen-bond acceptors (Lipinski definition) is 3. The van der Waals surface area contributed by atoms with E-state index in [4.69, 9.17) is 4.74 Å². The van der Waals surface area contributed by atoms with E-state index < -0.39 is 0 Å². The van der Waals surface area contributed by atoms with Gasteiger partial charge >= 0.3 is 6.03 Å². The lowest BCUT2D eigenvalue weighted by Crippen LogP contribution is -2.43. The van der Waals surface area contributed by atoms with Crippen LogP contribution in [-0.2, 0) is 0 Å². The predicted octanol–water partition coefficient (Wildman–Crippen LogP) is 3.18. The number of ether oxygens (including phenoxy) is 1. The summed E-state index contributed by atoms with van der Waals surface area (Å²) >= 11 is 0. The molecule has 0 aromatic carbocycles. The Morgan fingerprint density at radius 2 is 2.25 bits per heavy atom. The minimum Gasteiger partial charge on any atom is -0.476 e. The summed E-state index contributed by atoms with van der Waals surface area (Å²) < 4.78 is 5.40. The molecule has 5 nitrogen and oxygen atoms in total. The Morgan fingerprint density at radius 3 is 3.00 bits per heavy atom. The molecule has 0 radical (unpaired) electrons. The van der Waals surface area contributed by atoms with Gasteiger partial charge in [0.05, 0.1) is 6.61 Å². The Kier molecular flexibility index (Phi) is 5.21. The Balaban J connectivity index is 1.94. The van der Waals surface area contributed by atoms with E-state index in [-0.39, 0.29) is 12.1 Å². The summed E-state index contributed by atoms with van der Waals surface area (Å²) in [5.74, 6) is 0.997. The zero-order valence-corrected chi connectivity index (χ0v) is 12.2. The van der Waals surface area contributed by atoms with E-state index in [1.54, 1.807) is 18.3 Å². The number of rotatable bonds is 4. The topological polar surface area (TPSA) is 63.2 Å². The van der Waals surface area contributed by atoms with E-state index in [0.29, 0.717) is 24.1 Å². The summed E-state index contributed by atoms with van der Waals surface area (Å²) in [6.45, 7) is 4.61. The van der Waals surface area contributed by atoms with Crippen molar-refractivity contribution in [3.63, 3.8) is 0 Å². The number of hydrogen-bond donors (Lipinski definition) is 2. The summed E-state index contributed by atoms with van der Waals surface area (Å²) in [7, 11) is 0. The first kappa shape index (κ1) is 14.6. The van der Waals surface area contributed by atoms with Gasteiger partial charge in [0.2, 0.25) is 5.88 Å². The van der Waals surface area contributed by atoms with Gasteiger partial charge in [-0.3, -0.25) is 0 Å². The minimum atomic E-state index is -0.183. The van der Waals surface area contributed by atoms with Crippen LogP contribution in [0.2, 0.25) is 0 Å². The van der Waals surface area contributed by atoms with Crippen molar-refractivity contribution in [3.05, 3.63) is 18.3 Å². The summed E-state index contributed by atoms with van der Waals surface area (Å²) in [6, 6.07) is 3.65. The van der Waals surface area contributed by atoms with Crippen LogP contribution >= 0.6 is 0 Å². The van der Waals surface area contributed by atoms with Crippen LogP contribution in [0, 0.1) is 5.92 Å². The Bertz CT molecular complexity index is 450. The summed E-state index contributed by atoms with van der Waals surface area (Å²) in [5.41, 5.74) is 0.607. The maximum atomic E-state index is 12.1. The van der Waals surface area contributed by atoms with Crippen molar-refractivity contribution >= 4 is 11.7 Å². The average molecular weight is 277 g/mol. The maximum absolute atomic E-state index is 12.1. The first-order valence-corrected chi connectivity index (χ1v) is 7.36. The summed E-state index contributed by atoms with van der Waals surface area (Å²) in [4.78, 5) is 16.2. The molecule has 1 aliphatic carbocycles. The molecule has 0 spiro atoms. The molecule has 1 saturated carbocycles. The third-order valence-electron chi connectivity index (χ3n) is 3.73. The molecule has 1 fully saturated rings. The van der Waals surface area contributed by atoms with Crippen LogP contribution in [0.1, 0.15) is 39.5 Å². The van der Waals surface area contributed by atoms with Crippen LogP contribution in [0.25, 0.3) is 0 Å². The quantitative estimate of drug-likeness (QED) is 0.888. The highest BCUT2D eigenvalue weighted by atomic mass is 16.5. The number of nitrogens with zero attached hydrogens (tertiary/aromatic N) is 1. The molecular formula is C15H23N3O2. The molecular weight excluding hydrogens is 254 g/mol. The average Bonchev–Trinajstić information content (AvgIpc) is 2.44. The van der Waals surface area contributed by atoms with Crippen LogP contribution < -0.4 is 15.4 Å². The molecule has 1 heterocycles. The number of nitrogens with one attached hydrogen (secondary N) is 2. The molecule has 2 rings (SSSR count). The standard InChI is InChI=1S/C15H23N3O2/c1-3-20-14-13(9-6-10-16-14)18-15(19)17-12-8-5-4-7-11(12)2/h6,9-12H,3-5,7-8H2,1-2H3,(H2,17,18,19). The normalized spacial score (nSPS) is 22.1. The van der Waals surface area contributed by atoms with Gasteiger partial charge in [-0.2, -0.15) is 0 Å². The highest BCUT2D eigenvalue weighted by Gasteiger charge is 2.23. The summed E-state index contributed by atoms with van der Waals surface area (Å²) in [6.07, 6.45) is 6.34. The number of urea groups is 1. The van der Waals surface area contributed by atoms with Crippen LogP contribution in [-0.4, -0.2) is 23.7 Å². The van der Waals surface area contributed by atoms with Crippen LogP contribution in [0.15, 0.2) is 18.3 Å². The zero-order chi connectivity index (χ0) is 14.4. The maximum Gasteiger partial charge on any atom is 0.319 e. The van der Waals surface area contributed by atoms with Gasteiger partial charge in [0.25, 0.3) is 0 Å². The van der Waals surface area contributed by atoms with Gasteiger partial charge in [0.1, 0.15) is 5.69 Å². The van der Waals surface area contributed by atoms with E-state index in [2.05, 4.69) is 22.5 Å². The summed E-state index contributed by atoms with van der Waals surface area (Å²) in [5, 5.41) is 5.88. The monoisotopic (exact) mass is 277 g/mol. The van der Waals surface area contributed by atoms with Gasteiger partial charge in [-0.1, -0.05) is 19.8 Å². The molecule has 0 aliphatic heterocycles. The lowest BCUT2D eigenvalue weighted by Gasteiger charge is -2.29. The van der Waals surface area contributed by atoms with Crippen LogP contribution in [0.4, 0.5) is 10.5 Å². The molecule has 5 heteroatoms. The molecule has 1 aromatic heterocycles. The van der Waals surface area contributed by atoms with Gasteiger partial charge in [0, 0.05) is 12.2 Å². The molecule has 1 aromatic rings. The highest BCUT2D eigenvalue weighted by molar-refractivity contribution is 5.90. The molecule has 0 bridgehead atoms. The van der Waals surface area contributed by atoms with Crippen LogP contribution in [0.3, 0.4) is 0 Å². The number of anilines is 1. The van der Waals surface area contributed by atoms with Crippen molar-refractivity contribution in [3.8, 4) is 5.88 Å². The Morgan fingerprint density at radius 1 is 1.45 bits per heavy atom. The zero-order valence-electron chi connectivity index (χ0n) is 12.2. The van der Waals surface area contributed by atoms with E-state index in [1.165, 1.54) is 19.3 Å². The largest absolute Gasteiger partial charge is 0.476 e. The van der Waals surface area contributed by atoms with Crippen LogP contribution in [0.5, 0.6) is 5.88 Å². The van der Waals surface area contributed by atoms with Gasteiger partial charge < -0.3 is 15.4 Å². The molecule has 2 unspecified atom stereocenters. The van der Waals surface area contributed by atoms with Gasteiger partial charge in [-0.25, -0.2) is 9.78 Å². The fourth-order valence-corrected chi connectivity index (χ4v) is 2.60. The molecule has 2 N–H and O–H groups in total. The number of carbonyl (C=O) groups excluding carboxylic acids is 1. The second-order valence-electron chi connectivity index (χ2n) is 5.26. The molecule has 20 heavy (non-hydrogen) atoms. The number of pyridine rings is 1. The fourth-order valence-electron chi connectivity index (χ4n) is 2.60. The Labute approximate surface area is 120 Å². The Hall–Kier alpha value is -1.78. The molecule has 2 amide bonds.